The fourth-order valence-electron chi connectivity index (χ4n) is 3.12. The molecule has 0 spiro atoms. The molecule has 2 aromatic carbocycles. The molecule has 5 nitrogen and oxygen atoms in total. The second-order valence-electron chi connectivity index (χ2n) is 7.24. The van der Waals surface area contributed by atoms with Crippen LogP contribution >= 0.6 is 23.4 Å². The van der Waals surface area contributed by atoms with Crippen LogP contribution in [0.1, 0.15) is 43.1 Å². The predicted octanol–water partition coefficient (Wildman–Crippen LogP) is 6.11. The quantitative estimate of drug-likeness (QED) is 0.206. The lowest BCUT2D eigenvalue weighted by atomic mass is 10.2. The number of hydrogen-bond acceptors (Lipinski definition) is 5. The SMILES string of the molecule is CCOC(=O)c1ccc2c(c1)nc(SCc1cccc(Cl)c1F)n2CCCOC(C)C. The molecule has 0 aliphatic carbocycles. The smallest absolute Gasteiger partial charge is 0.338 e. The van der Waals surface area contributed by atoms with Crippen LogP contribution in [0.25, 0.3) is 11.0 Å². The van der Waals surface area contributed by atoms with Crippen LogP contribution in [0.15, 0.2) is 41.6 Å². The Morgan fingerprint density at radius 1 is 1.29 bits per heavy atom. The van der Waals surface area contributed by atoms with Crippen LogP contribution in [0.5, 0.6) is 0 Å². The molecule has 0 unspecified atom stereocenters. The summed E-state index contributed by atoms with van der Waals surface area (Å²) >= 11 is 7.34. The fourth-order valence-corrected chi connectivity index (χ4v) is 4.33. The number of esters is 1. The van der Waals surface area contributed by atoms with Gasteiger partial charge >= 0.3 is 5.97 Å². The Balaban J connectivity index is 1.87. The third-order valence-electron chi connectivity index (χ3n) is 4.59. The maximum atomic E-state index is 14.3. The zero-order valence-electron chi connectivity index (χ0n) is 17.9. The summed E-state index contributed by atoms with van der Waals surface area (Å²) in [6.45, 7) is 7.42. The zero-order valence-corrected chi connectivity index (χ0v) is 19.4. The number of halogens is 2. The Morgan fingerprint density at radius 3 is 2.84 bits per heavy atom. The summed E-state index contributed by atoms with van der Waals surface area (Å²) in [6.07, 6.45) is 0.980. The molecule has 0 saturated heterocycles. The van der Waals surface area contributed by atoms with Crippen molar-refractivity contribution in [1.82, 2.24) is 9.55 Å². The summed E-state index contributed by atoms with van der Waals surface area (Å²) in [5.41, 5.74) is 2.59. The van der Waals surface area contributed by atoms with E-state index in [1.807, 2.05) is 19.9 Å². The maximum absolute atomic E-state index is 14.3. The van der Waals surface area contributed by atoms with Crippen molar-refractivity contribution in [2.24, 2.45) is 0 Å². The molecular formula is C23H26ClFN2O3S. The standard InChI is InChI=1S/C23H26ClFN2O3S/c1-4-29-22(28)16-9-10-20-19(13-16)26-23(27(20)11-6-12-30-15(2)3)31-14-17-7-5-8-18(24)21(17)25/h5,7-10,13,15H,4,6,11-12,14H2,1-3H3. The van der Waals surface area contributed by atoms with Gasteiger partial charge in [-0.05, 0) is 57.0 Å². The van der Waals surface area contributed by atoms with E-state index in [0.717, 1.165) is 17.1 Å². The van der Waals surface area contributed by atoms with Gasteiger partial charge in [-0.3, -0.25) is 0 Å². The molecule has 166 valence electrons. The highest BCUT2D eigenvalue weighted by atomic mass is 35.5. The van der Waals surface area contributed by atoms with E-state index in [0.29, 0.717) is 42.2 Å². The number of thioether (sulfide) groups is 1. The van der Waals surface area contributed by atoms with Gasteiger partial charge in [0.05, 0.1) is 34.3 Å². The van der Waals surface area contributed by atoms with E-state index < -0.39 is 5.82 Å². The Bertz CT molecular complexity index is 1050. The minimum Gasteiger partial charge on any atom is -0.462 e. The van der Waals surface area contributed by atoms with Gasteiger partial charge in [-0.25, -0.2) is 14.2 Å². The van der Waals surface area contributed by atoms with Crippen molar-refractivity contribution in [2.75, 3.05) is 13.2 Å². The van der Waals surface area contributed by atoms with Gasteiger partial charge in [0.2, 0.25) is 0 Å². The maximum Gasteiger partial charge on any atom is 0.338 e. The summed E-state index contributed by atoms with van der Waals surface area (Å²) in [6, 6.07) is 10.3. The first-order chi connectivity index (χ1) is 14.9. The lowest BCUT2D eigenvalue weighted by molar-refractivity contribution is 0.0526. The molecule has 0 aliphatic rings. The first-order valence-corrected chi connectivity index (χ1v) is 11.6. The van der Waals surface area contributed by atoms with Crippen LogP contribution in [0.4, 0.5) is 4.39 Å². The van der Waals surface area contributed by atoms with Crippen LogP contribution in [-0.2, 0) is 21.8 Å². The van der Waals surface area contributed by atoms with E-state index in [2.05, 4.69) is 4.57 Å². The molecule has 1 aromatic heterocycles. The third-order valence-corrected chi connectivity index (χ3v) is 5.91. The number of carbonyl (C=O) groups excluding carboxylic acids is 1. The summed E-state index contributed by atoms with van der Waals surface area (Å²) < 4.78 is 27.1. The number of ether oxygens (including phenoxy) is 2. The molecule has 3 rings (SSSR count). The van der Waals surface area contributed by atoms with Gasteiger partial charge in [0.25, 0.3) is 0 Å². The van der Waals surface area contributed by atoms with Crippen LogP contribution in [0.2, 0.25) is 5.02 Å². The highest BCUT2D eigenvalue weighted by molar-refractivity contribution is 7.98. The average Bonchev–Trinajstić information content (AvgIpc) is 3.09. The van der Waals surface area contributed by atoms with Crippen LogP contribution < -0.4 is 0 Å². The highest BCUT2D eigenvalue weighted by Gasteiger charge is 2.16. The number of aromatic nitrogens is 2. The Morgan fingerprint density at radius 2 is 2.10 bits per heavy atom. The van der Waals surface area contributed by atoms with Crippen molar-refractivity contribution in [3.8, 4) is 0 Å². The molecule has 0 aliphatic heterocycles. The number of aryl methyl sites for hydroxylation is 1. The number of hydrogen-bond donors (Lipinski definition) is 0. The molecule has 0 saturated carbocycles. The van der Waals surface area contributed by atoms with Crippen molar-refractivity contribution in [3.05, 3.63) is 58.4 Å². The van der Waals surface area contributed by atoms with Crippen molar-refractivity contribution >= 4 is 40.4 Å². The van der Waals surface area contributed by atoms with E-state index in [1.165, 1.54) is 17.8 Å². The normalized spacial score (nSPS) is 11.4. The molecule has 1 heterocycles. The molecule has 0 amide bonds. The van der Waals surface area contributed by atoms with E-state index in [9.17, 15) is 9.18 Å². The van der Waals surface area contributed by atoms with Crippen molar-refractivity contribution in [2.45, 2.75) is 50.8 Å². The van der Waals surface area contributed by atoms with Gasteiger partial charge in [0.1, 0.15) is 5.82 Å². The first kappa shape index (κ1) is 23.6. The number of nitrogens with zero attached hydrogens (tertiary/aromatic N) is 2. The topological polar surface area (TPSA) is 53.3 Å². The lowest BCUT2D eigenvalue weighted by Gasteiger charge is -2.11. The molecular weight excluding hydrogens is 439 g/mol. The second kappa shape index (κ2) is 11.0. The lowest BCUT2D eigenvalue weighted by Crippen LogP contribution is -2.08. The largest absolute Gasteiger partial charge is 0.462 e. The highest BCUT2D eigenvalue weighted by Crippen LogP contribution is 2.30. The van der Waals surface area contributed by atoms with E-state index in [-0.39, 0.29) is 17.1 Å². The van der Waals surface area contributed by atoms with Crippen molar-refractivity contribution in [1.29, 1.82) is 0 Å². The van der Waals surface area contributed by atoms with Gasteiger partial charge in [-0.2, -0.15) is 0 Å². The summed E-state index contributed by atoms with van der Waals surface area (Å²) in [5.74, 6) is -0.392. The minimum absolute atomic E-state index is 0.108. The van der Waals surface area contributed by atoms with Crippen LogP contribution in [0, 0.1) is 5.82 Å². The summed E-state index contributed by atoms with van der Waals surface area (Å²) in [5, 5.41) is 0.858. The summed E-state index contributed by atoms with van der Waals surface area (Å²) in [7, 11) is 0. The number of rotatable bonds is 10. The molecule has 31 heavy (non-hydrogen) atoms. The fraction of sp³-hybridized carbons (Fsp3) is 0.391. The number of benzene rings is 2. The number of carbonyl (C=O) groups is 1. The molecule has 3 aromatic rings. The van der Waals surface area contributed by atoms with Crippen LogP contribution in [-0.4, -0.2) is 34.8 Å². The molecule has 0 fully saturated rings. The minimum atomic E-state index is -0.408. The Kier molecular flexibility index (Phi) is 8.35. The monoisotopic (exact) mass is 464 g/mol. The van der Waals surface area contributed by atoms with E-state index >= 15 is 0 Å². The van der Waals surface area contributed by atoms with E-state index in [1.54, 1.807) is 31.2 Å². The van der Waals surface area contributed by atoms with Gasteiger partial charge < -0.3 is 14.0 Å². The number of imidazole rings is 1. The zero-order chi connectivity index (χ0) is 22.4. The molecule has 0 N–H and O–H groups in total. The van der Waals surface area contributed by atoms with Gasteiger partial charge in [0, 0.05) is 18.9 Å². The van der Waals surface area contributed by atoms with Crippen molar-refractivity contribution < 1.29 is 18.7 Å². The van der Waals surface area contributed by atoms with Crippen LogP contribution in [0.3, 0.4) is 0 Å². The third kappa shape index (κ3) is 5.99. The predicted molar refractivity (Wildman–Crippen MR) is 122 cm³/mol. The van der Waals surface area contributed by atoms with Crippen molar-refractivity contribution in [3.63, 3.8) is 0 Å². The second-order valence-corrected chi connectivity index (χ2v) is 8.59. The molecule has 0 radical (unpaired) electrons. The number of fused-ring (bicyclic) bond motifs is 1. The van der Waals surface area contributed by atoms with Gasteiger partial charge in [0.15, 0.2) is 5.16 Å². The Hall–Kier alpha value is -2.09. The first-order valence-electron chi connectivity index (χ1n) is 10.3. The summed E-state index contributed by atoms with van der Waals surface area (Å²) in [4.78, 5) is 16.8. The van der Waals surface area contributed by atoms with E-state index in [4.69, 9.17) is 26.1 Å². The average molecular weight is 465 g/mol. The Labute approximate surface area is 190 Å². The molecule has 0 atom stereocenters. The van der Waals surface area contributed by atoms with Gasteiger partial charge in [-0.1, -0.05) is 35.5 Å². The molecule has 8 heteroatoms. The van der Waals surface area contributed by atoms with Gasteiger partial charge in [-0.15, -0.1) is 0 Å². The molecule has 0 bridgehead atoms.